The van der Waals surface area contributed by atoms with Crippen LogP contribution in [-0.2, 0) is 6.37 Å². The molecule has 1 aliphatic rings. The van der Waals surface area contributed by atoms with Gasteiger partial charge in [0.2, 0.25) is 0 Å². The van der Waals surface area contributed by atoms with Crippen molar-refractivity contribution in [2.75, 3.05) is 0 Å². The molecule has 3 nitrogen and oxygen atoms in total. The molecule has 78 valence electrons. The van der Waals surface area contributed by atoms with Gasteiger partial charge in [-0.2, -0.15) is 0 Å². The largest absolute Gasteiger partial charge is 0.277 e. The predicted octanol–water partition coefficient (Wildman–Crippen LogP) is 3.17. The molecule has 0 atom stereocenters. The zero-order chi connectivity index (χ0) is 19.0. The van der Waals surface area contributed by atoms with Crippen molar-refractivity contribution < 1.29 is 17.3 Å². The lowest BCUT2D eigenvalue weighted by atomic mass is 10.0. The van der Waals surface area contributed by atoms with Crippen molar-refractivity contribution in [1.29, 1.82) is 0 Å². The molecule has 0 unspecified atom stereocenters. The van der Waals surface area contributed by atoms with Crippen LogP contribution in [-0.4, -0.2) is 4.92 Å². The van der Waals surface area contributed by atoms with E-state index in [1.54, 1.807) is 0 Å². The van der Waals surface area contributed by atoms with Crippen molar-refractivity contribution in [1.82, 2.24) is 0 Å². The number of nitrogens with zero attached hydrogens (tertiary/aromatic N) is 1. The number of nitro benzene ring substituents is 1. The standard InChI is InChI=1S/C13H9NO2/c15-14(16)12-7-3-5-10-8-9-4-1-2-6-11(9)13(10)12/h1-7H,8H2/i1D,2D,3D,4D,5D,6D,7D,8D2. The van der Waals surface area contributed by atoms with Crippen LogP contribution < -0.4 is 0 Å². The van der Waals surface area contributed by atoms with E-state index in [1.165, 1.54) is 0 Å². The average molecular weight is 220 g/mol. The molecule has 2 aromatic rings. The molecule has 0 heterocycles. The molecule has 0 spiro atoms. The van der Waals surface area contributed by atoms with Crippen molar-refractivity contribution in [3.05, 3.63) is 63.5 Å². The zero-order valence-electron chi connectivity index (χ0n) is 16.8. The fourth-order valence-electron chi connectivity index (χ4n) is 1.59. The molecule has 0 aliphatic heterocycles. The molecular weight excluding hydrogens is 202 g/mol. The summed E-state index contributed by atoms with van der Waals surface area (Å²) in [5.74, 6) is 0. The lowest BCUT2D eigenvalue weighted by Crippen LogP contribution is -1.91. The molecule has 0 saturated carbocycles. The topological polar surface area (TPSA) is 43.1 Å². The molecule has 0 saturated heterocycles. The Hall–Kier alpha value is -2.16. The molecule has 0 aromatic heterocycles. The summed E-state index contributed by atoms with van der Waals surface area (Å²) in [5.41, 5.74) is -3.00. The van der Waals surface area contributed by atoms with Crippen molar-refractivity contribution in [3.8, 4) is 11.1 Å². The summed E-state index contributed by atoms with van der Waals surface area (Å²) in [6.45, 7) is 0. The summed E-state index contributed by atoms with van der Waals surface area (Å²) in [6.07, 6.45) is -2.63. The van der Waals surface area contributed by atoms with Crippen LogP contribution in [0.3, 0.4) is 0 Å². The first-order chi connectivity index (χ1) is 11.4. The van der Waals surface area contributed by atoms with Crippen LogP contribution in [0, 0.1) is 10.1 Å². The minimum Gasteiger partial charge on any atom is -0.258 e. The van der Waals surface area contributed by atoms with Gasteiger partial charge in [-0.25, -0.2) is 0 Å². The number of fused-ring (bicyclic) bond motifs is 3. The molecule has 1 aliphatic carbocycles. The molecule has 0 radical (unpaired) electrons. The molecule has 0 bridgehead atoms. The molecule has 0 N–H and O–H groups in total. The van der Waals surface area contributed by atoms with Crippen molar-refractivity contribution in [2.24, 2.45) is 0 Å². The van der Waals surface area contributed by atoms with Gasteiger partial charge in [0, 0.05) is 8.78 Å². The number of nitro groups is 1. The van der Waals surface area contributed by atoms with Crippen molar-refractivity contribution >= 4 is 5.69 Å². The van der Waals surface area contributed by atoms with Crippen LogP contribution in [0.2, 0.25) is 0 Å². The second-order valence-electron chi connectivity index (χ2n) is 3.11. The van der Waals surface area contributed by atoms with E-state index in [-0.39, 0.29) is 0 Å². The molecule has 3 rings (SSSR count). The first-order valence-electron chi connectivity index (χ1n) is 8.84. The van der Waals surface area contributed by atoms with Gasteiger partial charge in [-0.05, 0) is 23.1 Å². The van der Waals surface area contributed by atoms with Crippen LogP contribution >= 0.6 is 0 Å². The highest BCUT2D eigenvalue weighted by Gasteiger charge is 2.25. The summed E-state index contributed by atoms with van der Waals surface area (Å²) in [7, 11) is 0. The lowest BCUT2D eigenvalue weighted by Gasteiger charge is -2.01. The maximum absolute atomic E-state index is 11.4. The number of benzene rings is 2. The Morgan fingerprint density at radius 2 is 1.94 bits per heavy atom. The average Bonchev–Trinajstić information content (AvgIpc) is 2.76. The minimum atomic E-state index is -2.63. The number of hydrogen-bond donors (Lipinski definition) is 0. The monoisotopic (exact) mass is 220 g/mol. The summed E-state index contributed by atoms with van der Waals surface area (Å²) >= 11 is 0. The van der Waals surface area contributed by atoms with Gasteiger partial charge in [0.1, 0.15) is 0 Å². The predicted molar refractivity (Wildman–Crippen MR) is 61.3 cm³/mol. The van der Waals surface area contributed by atoms with Gasteiger partial charge in [-0.15, -0.1) is 0 Å². The van der Waals surface area contributed by atoms with Gasteiger partial charge in [0.25, 0.3) is 5.69 Å². The van der Waals surface area contributed by atoms with E-state index in [4.69, 9.17) is 12.3 Å². The summed E-state index contributed by atoms with van der Waals surface area (Å²) in [4.78, 5) is 10.4. The Kier molecular flexibility index (Phi) is 0.732. The molecule has 3 heteroatoms. The second kappa shape index (κ2) is 3.17. The highest BCUT2D eigenvalue weighted by Crippen LogP contribution is 2.41. The highest BCUT2D eigenvalue weighted by molar-refractivity contribution is 5.83. The van der Waals surface area contributed by atoms with Gasteiger partial charge in [0.15, 0.2) is 0 Å². The van der Waals surface area contributed by atoms with Crippen LogP contribution in [0.15, 0.2) is 42.3 Å². The molecule has 0 amide bonds. The minimum absolute atomic E-state index is 0.431. The molecule has 0 fully saturated rings. The van der Waals surface area contributed by atoms with Gasteiger partial charge in [-0.3, -0.25) is 10.1 Å². The Morgan fingerprint density at radius 3 is 2.75 bits per heavy atom. The van der Waals surface area contributed by atoms with Crippen molar-refractivity contribution in [2.45, 2.75) is 6.37 Å². The molecule has 2 aromatic carbocycles. The lowest BCUT2D eigenvalue weighted by molar-refractivity contribution is -0.384. The first kappa shape index (κ1) is 3.70. The summed E-state index contributed by atoms with van der Waals surface area (Å²) in [6, 6.07) is -5.27. The number of rotatable bonds is 1. The van der Waals surface area contributed by atoms with Gasteiger partial charge in [0.05, 0.1) is 20.1 Å². The zero-order valence-corrected chi connectivity index (χ0v) is 7.76. The maximum atomic E-state index is 11.4. The quantitative estimate of drug-likeness (QED) is 0.547. The van der Waals surface area contributed by atoms with Crippen LogP contribution in [0.25, 0.3) is 11.1 Å². The third-order valence-corrected chi connectivity index (χ3v) is 2.23. The van der Waals surface area contributed by atoms with Crippen molar-refractivity contribution in [3.63, 3.8) is 0 Å². The van der Waals surface area contributed by atoms with Crippen LogP contribution in [0.4, 0.5) is 5.69 Å². The maximum Gasteiger partial charge on any atom is 0.277 e. The summed E-state index contributed by atoms with van der Waals surface area (Å²) < 4.78 is 71.3. The second-order valence-corrected chi connectivity index (χ2v) is 3.11. The van der Waals surface area contributed by atoms with Gasteiger partial charge >= 0.3 is 0 Å². The van der Waals surface area contributed by atoms with E-state index < -0.39 is 81.5 Å². The van der Waals surface area contributed by atoms with Crippen LogP contribution in [0.5, 0.6) is 0 Å². The van der Waals surface area contributed by atoms with E-state index in [9.17, 15) is 10.1 Å². The Labute approximate surface area is 105 Å². The van der Waals surface area contributed by atoms with Gasteiger partial charge < -0.3 is 0 Å². The van der Waals surface area contributed by atoms with E-state index in [0.29, 0.717) is 0 Å². The van der Waals surface area contributed by atoms with Crippen LogP contribution in [0.1, 0.15) is 23.5 Å². The summed E-state index contributed by atoms with van der Waals surface area (Å²) in [5, 5.41) is 11.4. The highest BCUT2D eigenvalue weighted by atomic mass is 16.6. The van der Waals surface area contributed by atoms with E-state index >= 15 is 0 Å². The Bertz CT molecular complexity index is 987. The third kappa shape index (κ3) is 1.15. The Morgan fingerprint density at radius 1 is 1.19 bits per heavy atom. The first-order valence-corrected chi connectivity index (χ1v) is 4.34. The van der Waals surface area contributed by atoms with E-state index in [2.05, 4.69) is 0 Å². The Balaban J connectivity index is 2.68. The van der Waals surface area contributed by atoms with E-state index in [1.807, 2.05) is 0 Å². The number of hydrogen-bond acceptors (Lipinski definition) is 2. The van der Waals surface area contributed by atoms with Gasteiger partial charge in [-0.1, -0.05) is 36.3 Å². The molecular formula is C13H9NO2. The molecule has 16 heavy (non-hydrogen) atoms. The smallest absolute Gasteiger partial charge is 0.258 e. The SMILES string of the molecule is [2H]c1c([2H])c([2H])c2c(c1[2H])-c1c([N+](=O)[O-])c([2H])c([2H])c([2H])c1C2([2H])[2H]. The fraction of sp³-hybridized carbons (Fsp3) is 0.0769. The normalized spacial score (nSPS) is 23.1. The van der Waals surface area contributed by atoms with E-state index in [0.717, 1.165) is 0 Å². The third-order valence-electron chi connectivity index (χ3n) is 2.23. The fourth-order valence-corrected chi connectivity index (χ4v) is 1.59.